The van der Waals surface area contributed by atoms with Gasteiger partial charge in [0.2, 0.25) is 12.7 Å². The molecule has 3 rings (SSSR count). The molecule has 1 heterocycles. The van der Waals surface area contributed by atoms with E-state index in [4.69, 9.17) is 14.2 Å². The molecule has 2 aromatic rings. The lowest BCUT2D eigenvalue weighted by molar-refractivity contribution is -0.114. The van der Waals surface area contributed by atoms with Crippen molar-refractivity contribution in [2.45, 2.75) is 6.92 Å². The maximum absolute atomic E-state index is 12.4. The van der Waals surface area contributed by atoms with Crippen LogP contribution in [0.2, 0.25) is 0 Å². The molecular formula is C19H17NO5. The van der Waals surface area contributed by atoms with E-state index in [1.54, 1.807) is 24.3 Å². The Labute approximate surface area is 145 Å². The summed E-state index contributed by atoms with van der Waals surface area (Å²) in [4.78, 5) is 23.7. The highest BCUT2D eigenvalue weighted by molar-refractivity contribution is 6.08. The Morgan fingerprint density at radius 3 is 2.80 bits per heavy atom. The van der Waals surface area contributed by atoms with Gasteiger partial charge in [-0.15, -0.1) is 0 Å². The second kappa shape index (κ2) is 7.09. The summed E-state index contributed by atoms with van der Waals surface area (Å²) in [6, 6.07) is 10.4. The molecule has 25 heavy (non-hydrogen) atoms. The van der Waals surface area contributed by atoms with Crippen LogP contribution in [0.5, 0.6) is 17.2 Å². The van der Waals surface area contributed by atoms with Crippen molar-refractivity contribution in [1.82, 2.24) is 0 Å². The molecule has 0 unspecified atom stereocenters. The predicted octanol–water partition coefficient (Wildman–Crippen LogP) is 3.28. The minimum atomic E-state index is -0.240. The zero-order valence-corrected chi connectivity index (χ0v) is 13.9. The molecule has 0 saturated heterocycles. The number of carbonyl (C=O) groups is 2. The predicted molar refractivity (Wildman–Crippen MR) is 93.2 cm³/mol. The van der Waals surface area contributed by atoms with Crippen molar-refractivity contribution in [3.8, 4) is 17.2 Å². The highest BCUT2D eigenvalue weighted by Crippen LogP contribution is 2.36. The zero-order chi connectivity index (χ0) is 17.8. The topological polar surface area (TPSA) is 73.9 Å². The Morgan fingerprint density at radius 1 is 1.20 bits per heavy atom. The molecule has 1 amide bonds. The zero-order valence-electron chi connectivity index (χ0n) is 13.9. The lowest BCUT2D eigenvalue weighted by atomic mass is 10.1. The first-order valence-corrected chi connectivity index (χ1v) is 7.65. The smallest absolute Gasteiger partial charge is 0.231 e. The number of carbonyl (C=O) groups excluding carboxylic acids is 2. The molecule has 6 nitrogen and oxygen atoms in total. The van der Waals surface area contributed by atoms with Crippen LogP contribution in [-0.4, -0.2) is 25.6 Å². The number of allylic oxidation sites excluding steroid dienone is 1. The number of hydrogen-bond donors (Lipinski definition) is 1. The number of benzene rings is 2. The lowest BCUT2D eigenvalue weighted by Gasteiger charge is -2.09. The molecule has 0 radical (unpaired) electrons. The quantitative estimate of drug-likeness (QED) is 0.668. The van der Waals surface area contributed by atoms with Crippen LogP contribution >= 0.6 is 0 Å². The molecule has 0 atom stereocenters. The summed E-state index contributed by atoms with van der Waals surface area (Å²) in [5, 5.41) is 2.65. The minimum absolute atomic E-state index is 0.173. The average Bonchev–Trinajstić information content (AvgIpc) is 3.08. The van der Waals surface area contributed by atoms with Gasteiger partial charge in [0.25, 0.3) is 0 Å². The van der Waals surface area contributed by atoms with Crippen molar-refractivity contribution in [2.75, 3.05) is 19.2 Å². The highest BCUT2D eigenvalue weighted by atomic mass is 16.7. The van der Waals surface area contributed by atoms with Gasteiger partial charge in [-0.05, 0) is 36.4 Å². The second-order valence-electron chi connectivity index (χ2n) is 5.37. The standard InChI is InChI=1S/C19H17NO5/c1-12(21)20-15-10-14(7-9-17(15)23-2)16(22)8-6-13-4-3-5-18-19(13)25-11-24-18/h3-10H,11H2,1-2H3,(H,20,21)/b8-6-. The molecule has 128 valence electrons. The van der Waals surface area contributed by atoms with E-state index in [-0.39, 0.29) is 18.5 Å². The Morgan fingerprint density at radius 2 is 2.04 bits per heavy atom. The van der Waals surface area contributed by atoms with E-state index in [0.29, 0.717) is 28.5 Å². The largest absolute Gasteiger partial charge is 0.495 e. The Balaban J connectivity index is 1.84. The highest BCUT2D eigenvalue weighted by Gasteiger charge is 2.16. The fraction of sp³-hybridized carbons (Fsp3) is 0.158. The van der Waals surface area contributed by atoms with Gasteiger partial charge in [-0.1, -0.05) is 12.1 Å². The van der Waals surface area contributed by atoms with Gasteiger partial charge in [-0.25, -0.2) is 0 Å². The SMILES string of the molecule is COc1ccc(C(=O)/C=C\c2cccc3c2OCO3)cc1NC(C)=O. The van der Waals surface area contributed by atoms with Gasteiger partial charge in [0.1, 0.15) is 5.75 Å². The van der Waals surface area contributed by atoms with Gasteiger partial charge in [0.05, 0.1) is 12.8 Å². The molecule has 0 saturated carbocycles. The summed E-state index contributed by atoms with van der Waals surface area (Å²) in [5.41, 5.74) is 1.65. The fourth-order valence-electron chi connectivity index (χ4n) is 2.49. The van der Waals surface area contributed by atoms with Crippen LogP contribution in [0.15, 0.2) is 42.5 Å². The van der Waals surface area contributed by atoms with Crippen LogP contribution in [-0.2, 0) is 4.79 Å². The summed E-state index contributed by atoms with van der Waals surface area (Å²) in [5.74, 6) is 1.33. The Kier molecular flexibility index (Phi) is 4.70. The van der Waals surface area contributed by atoms with Crippen LogP contribution in [0.3, 0.4) is 0 Å². The molecule has 6 heteroatoms. The van der Waals surface area contributed by atoms with Crippen molar-refractivity contribution in [3.63, 3.8) is 0 Å². The maximum Gasteiger partial charge on any atom is 0.231 e. The lowest BCUT2D eigenvalue weighted by Crippen LogP contribution is -2.08. The summed E-state index contributed by atoms with van der Waals surface area (Å²) in [6.45, 7) is 1.57. The number of methoxy groups -OCH3 is 1. The van der Waals surface area contributed by atoms with Gasteiger partial charge < -0.3 is 19.5 Å². The average molecular weight is 339 g/mol. The van der Waals surface area contributed by atoms with E-state index in [1.165, 1.54) is 20.1 Å². The summed E-state index contributed by atoms with van der Waals surface area (Å²) in [6.07, 6.45) is 3.13. The molecule has 0 fully saturated rings. The number of fused-ring (bicyclic) bond motifs is 1. The molecule has 1 aliphatic heterocycles. The van der Waals surface area contributed by atoms with Crippen LogP contribution in [0.25, 0.3) is 6.08 Å². The summed E-state index contributed by atoms with van der Waals surface area (Å²) in [7, 11) is 1.50. The maximum atomic E-state index is 12.4. The molecular weight excluding hydrogens is 322 g/mol. The fourth-order valence-corrected chi connectivity index (χ4v) is 2.49. The van der Waals surface area contributed by atoms with E-state index in [1.807, 2.05) is 18.2 Å². The number of amides is 1. The number of para-hydroxylation sites is 1. The number of anilines is 1. The van der Waals surface area contributed by atoms with Crippen molar-refractivity contribution in [2.24, 2.45) is 0 Å². The number of hydrogen-bond acceptors (Lipinski definition) is 5. The minimum Gasteiger partial charge on any atom is -0.495 e. The van der Waals surface area contributed by atoms with Crippen LogP contribution < -0.4 is 19.5 Å². The van der Waals surface area contributed by atoms with Gasteiger partial charge in [0.15, 0.2) is 17.3 Å². The van der Waals surface area contributed by atoms with Gasteiger partial charge >= 0.3 is 0 Å². The van der Waals surface area contributed by atoms with Crippen molar-refractivity contribution >= 4 is 23.5 Å². The second-order valence-corrected chi connectivity index (χ2v) is 5.37. The van der Waals surface area contributed by atoms with Crippen molar-refractivity contribution in [1.29, 1.82) is 0 Å². The van der Waals surface area contributed by atoms with E-state index in [2.05, 4.69) is 5.32 Å². The molecule has 2 aromatic carbocycles. The number of ether oxygens (including phenoxy) is 3. The first-order valence-electron chi connectivity index (χ1n) is 7.65. The third kappa shape index (κ3) is 3.63. The monoisotopic (exact) mass is 339 g/mol. The van der Waals surface area contributed by atoms with Crippen LogP contribution in [0.4, 0.5) is 5.69 Å². The van der Waals surface area contributed by atoms with Crippen LogP contribution in [0.1, 0.15) is 22.8 Å². The van der Waals surface area contributed by atoms with Gasteiger partial charge in [-0.3, -0.25) is 9.59 Å². The van der Waals surface area contributed by atoms with E-state index in [9.17, 15) is 9.59 Å². The molecule has 0 spiro atoms. The molecule has 0 aromatic heterocycles. The van der Waals surface area contributed by atoms with E-state index >= 15 is 0 Å². The van der Waals surface area contributed by atoms with Crippen LogP contribution in [0, 0.1) is 0 Å². The van der Waals surface area contributed by atoms with E-state index in [0.717, 1.165) is 5.56 Å². The van der Waals surface area contributed by atoms with Gasteiger partial charge in [-0.2, -0.15) is 0 Å². The van der Waals surface area contributed by atoms with Gasteiger partial charge in [0, 0.05) is 18.1 Å². The molecule has 1 aliphatic rings. The van der Waals surface area contributed by atoms with E-state index < -0.39 is 0 Å². The molecule has 0 aliphatic carbocycles. The first-order chi connectivity index (χ1) is 12.1. The third-order valence-corrected chi connectivity index (χ3v) is 3.64. The number of nitrogens with one attached hydrogen (secondary N) is 1. The summed E-state index contributed by atoms with van der Waals surface area (Å²) < 4.78 is 15.9. The van der Waals surface area contributed by atoms with Crippen molar-refractivity contribution < 1.29 is 23.8 Å². The first kappa shape index (κ1) is 16.6. The molecule has 1 N–H and O–H groups in total. The van der Waals surface area contributed by atoms with Crippen molar-refractivity contribution in [3.05, 3.63) is 53.6 Å². The summed E-state index contributed by atoms with van der Waals surface area (Å²) >= 11 is 0. The third-order valence-electron chi connectivity index (χ3n) is 3.64. The normalized spacial score (nSPS) is 12.2. The number of ketones is 1. The Hall–Kier alpha value is -3.28. The Bertz CT molecular complexity index is 857. The number of rotatable bonds is 5. The molecule has 0 bridgehead atoms.